The minimum absolute atomic E-state index is 0.0776. The van der Waals surface area contributed by atoms with E-state index in [-0.39, 0.29) is 5.75 Å². The smallest absolute Gasteiger partial charge is 0.183 e. The molecule has 0 unspecified atom stereocenters. The normalized spacial score (nSPS) is 11.2. The molecule has 0 heterocycles. The van der Waals surface area contributed by atoms with E-state index in [9.17, 15) is 9.90 Å². The van der Waals surface area contributed by atoms with Crippen LogP contribution in [0.5, 0.6) is 5.75 Å². The summed E-state index contributed by atoms with van der Waals surface area (Å²) in [5, 5.41) is 15.6. The van der Waals surface area contributed by atoms with Gasteiger partial charge in [-0.05, 0) is 33.7 Å². The highest BCUT2D eigenvalue weighted by molar-refractivity contribution is 7.20. The van der Waals surface area contributed by atoms with Crippen molar-refractivity contribution >= 4 is 35.1 Å². The zero-order valence-electron chi connectivity index (χ0n) is 16.2. The quantitative estimate of drug-likeness (QED) is 0.321. The molecule has 0 aromatic heterocycles. The SMILES string of the molecule is Cc1cc(C=O)c(O)c([Si](c2ccccc2)(c2ccccc2)c2ccccc2)c1. The van der Waals surface area contributed by atoms with Crippen LogP contribution in [0, 0.1) is 6.92 Å². The predicted octanol–water partition coefficient (Wildman–Crippen LogP) is 2.89. The Morgan fingerprint density at radius 2 is 1.10 bits per heavy atom. The molecule has 0 spiro atoms. The Bertz CT molecular complexity index is 1030. The van der Waals surface area contributed by atoms with Gasteiger partial charge in [0, 0.05) is 0 Å². The first-order valence-electron chi connectivity index (χ1n) is 9.63. The molecule has 142 valence electrons. The number of phenolic OH excluding ortho intramolecular Hbond substituents is 1. The molecule has 2 nitrogen and oxygen atoms in total. The Hall–Kier alpha value is -3.43. The Morgan fingerprint density at radius 3 is 1.48 bits per heavy atom. The molecule has 0 radical (unpaired) electrons. The lowest BCUT2D eigenvalue weighted by Crippen LogP contribution is -2.74. The summed E-state index contributed by atoms with van der Waals surface area (Å²) in [5.41, 5.74) is 1.29. The monoisotopic (exact) mass is 394 g/mol. The molecule has 0 saturated carbocycles. The van der Waals surface area contributed by atoms with Crippen molar-refractivity contribution in [3.8, 4) is 5.75 Å². The Balaban J connectivity index is 2.22. The lowest BCUT2D eigenvalue weighted by atomic mass is 10.1. The minimum Gasteiger partial charge on any atom is -0.507 e. The minimum atomic E-state index is -2.83. The third-order valence-corrected chi connectivity index (χ3v) is 10.2. The second-order valence-corrected chi connectivity index (χ2v) is 11.0. The van der Waals surface area contributed by atoms with Gasteiger partial charge in [0.2, 0.25) is 0 Å². The fourth-order valence-corrected chi connectivity index (χ4v) is 9.17. The molecular weight excluding hydrogens is 372 g/mol. The van der Waals surface area contributed by atoms with Crippen LogP contribution >= 0.6 is 0 Å². The number of aryl methyl sites for hydroxylation is 1. The van der Waals surface area contributed by atoms with Crippen molar-refractivity contribution in [3.05, 3.63) is 114 Å². The average molecular weight is 395 g/mol. The van der Waals surface area contributed by atoms with Crippen LogP contribution in [-0.4, -0.2) is 19.5 Å². The van der Waals surface area contributed by atoms with E-state index < -0.39 is 8.07 Å². The third kappa shape index (κ3) is 3.20. The van der Waals surface area contributed by atoms with Crippen molar-refractivity contribution in [3.63, 3.8) is 0 Å². The maximum Gasteiger partial charge on any atom is 0.183 e. The molecule has 0 atom stereocenters. The molecule has 4 rings (SSSR count). The first kappa shape index (κ1) is 18.9. The number of hydrogen-bond acceptors (Lipinski definition) is 2. The summed E-state index contributed by atoms with van der Waals surface area (Å²) in [6.07, 6.45) is 0.742. The molecule has 0 bridgehead atoms. The Morgan fingerprint density at radius 1 is 0.690 bits per heavy atom. The molecule has 0 amide bonds. The number of carbonyl (C=O) groups excluding carboxylic acids is 1. The maximum atomic E-state index is 11.7. The highest BCUT2D eigenvalue weighted by Gasteiger charge is 2.43. The van der Waals surface area contributed by atoms with E-state index in [1.807, 2.05) is 67.6 Å². The van der Waals surface area contributed by atoms with E-state index in [1.54, 1.807) is 6.07 Å². The van der Waals surface area contributed by atoms with Gasteiger partial charge >= 0.3 is 0 Å². The maximum absolute atomic E-state index is 11.7. The second-order valence-electron chi connectivity index (χ2n) is 7.22. The molecule has 29 heavy (non-hydrogen) atoms. The predicted molar refractivity (Wildman–Crippen MR) is 122 cm³/mol. The molecule has 1 N–H and O–H groups in total. The fourth-order valence-electron chi connectivity index (χ4n) is 4.21. The van der Waals surface area contributed by atoms with Crippen LogP contribution in [0.15, 0.2) is 103 Å². The van der Waals surface area contributed by atoms with Gasteiger partial charge in [0.15, 0.2) is 14.4 Å². The van der Waals surface area contributed by atoms with Crippen LogP contribution in [0.3, 0.4) is 0 Å². The molecule has 3 heteroatoms. The van der Waals surface area contributed by atoms with Gasteiger partial charge in [0.1, 0.15) is 5.75 Å². The van der Waals surface area contributed by atoms with E-state index in [4.69, 9.17) is 0 Å². The van der Waals surface area contributed by atoms with E-state index in [1.165, 1.54) is 0 Å². The number of carbonyl (C=O) groups is 1. The molecule has 0 fully saturated rings. The van der Waals surface area contributed by atoms with Crippen LogP contribution in [0.2, 0.25) is 0 Å². The van der Waals surface area contributed by atoms with Crippen LogP contribution in [0.4, 0.5) is 0 Å². The third-order valence-electron chi connectivity index (χ3n) is 5.44. The van der Waals surface area contributed by atoms with Gasteiger partial charge in [-0.2, -0.15) is 0 Å². The van der Waals surface area contributed by atoms with Gasteiger partial charge in [-0.25, -0.2) is 0 Å². The van der Waals surface area contributed by atoms with E-state index >= 15 is 0 Å². The second kappa shape index (κ2) is 7.90. The van der Waals surface area contributed by atoms with Gasteiger partial charge in [-0.1, -0.05) is 103 Å². The van der Waals surface area contributed by atoms with Crippen LogP contribution in [0.1, 0.15) is 15.9 Å². The Labute approximate surface area is 172 Å². The van der Waals surface area contributed by atoms with Gasteiger partial charge in [0.25, 0.3) is 0 Å². The molecule has 4 aromatic rings. The number of hydrogen-bond donors (Lipinski definition) is 1. The number of benzene rings is 4. The standard InChI is InChI=1S/C26H22O2Si/c1-20-17-21(19-27)26(28)25(18-20)29(22-11-5-2-6-12-22,23-13-7-3-8-14-23)24-15-9-4-10-16-24/h2-19,28H,1H3. The lowest BCUT2D eigenvalue weighted by Gasteiger charge is -2.35. The largest absolute Gasteiger partial charge is 0.507 e. The fraction of sp³-hybridized carbons (Fsp3) is 0.0385. The number of aromatic hydroxyl groups is 1. The first-order chi connectivity index (χ1) is 14.2. The summed E-state index contributed by atoms with van der Waals surface area (Å²) >= 11 is 0. The van der Waals surface area contributed by atoms with Gasteiger partial charge < -0.3 is 5.11 Å². The van der Waals surface area contributed by atoms with Crippen LogP contribution in [-0.2, 0) is 0 Å². The van der Waals surface area contributed by atoms with Crippen LogP contribution < -0.4 is 20.7 Å². The highest BCUT2D eigenvalue weighted by Crippen LogP contribution is 2.20. The summed E-state index contributed by atoms with van der Waals surface area (Å²) < 4.78 is 0. The number of phenols is 1. The molecule has 0 saturated heterocycles. The van der Waals surface area contributed by atoms with Crippen molar-refractivity contribution in [1.82, 2.24) is 0 Å². The van der Waals surface area contributed by atoms with E-state index in [0.29, 0.717) is 5.56 Å². The molecule has 4 aromatic carbocycles. The molecule has 0 aliphatic carbocycles. The molecular formula is C26H22O2Si. The van der Waals surface area contributed by atoms with Crippen molar-refractivity contribution in [2.45, 2.75) is 6.92 Å². The average Bonchev–Trinajstić information content (AvgIpc) is 2.78. The topological polar surface area (TPSA) is 37.3 Å². The van der Waals surface area contributed by atoms with Crippen molar-refractivity contribution in [2.75, 3.05) is 0 Å². The number of rotatable bonds is 5. The molecule has 0 aliphatic heterocycles. The van der Waals surface area contributed by atoms with Gasteiger partial charge in [-0.15, -0.1) is 0 Å². The summed E-state index contributed by atoms with van der Waals surface area (Å²) in [4.78, 5) is 11.7. The number of aldehydes is 1. The van der Waals surface area contributed by atoms with Crippen LogP contribution in [0.25, 0.3) is 0 Å². The molecule has 0 aliphatic rings. The van der Waals surface area contributed by atoms with Crippen molar-refractivity contribution in [2.24, 2.45) is 0 Å². The highest BCUT2D eigenvalue weighted by atomic mass is 28.3. The zero-order valence-corrected chi connectivity index (χ0v) is 17.2. The first-order valence-corrected chi connectivity index (χ1v) is 11.6. The van der Waals surface area contributed by atoms with Crippen molar-refractivity contribution < 1.29 is 9.90 Å². The lowest BCUT2D eigenvalue weighted by molar-refractivity contribution is 0.112. The zero-order chi connectivity index (χ0) is 20.3. The summed E-state index contributed by atoms with van der Waals surface area (Å²) in [5.74, 6) is 0.0776. The van der Waals surface area contributed by atoms with Gasteiger partial charge in [0.05, 0.1) is 5.56 Å². The summed E-state index contributed by atoms with van der Waals surface area (Å²) in [6, 6.07) is 34.8. The summed E-state index contributed by atoms with van der Waals surface area (Å²) in [7, 11) is -2.83. The van der Waals surface area contributed by atoms with Gasteiger partial charge in [-0.3, -0.25) is 4.79 Å². The Kier molecular flexibility index (Phi) is 5.15. The van der Waals surface area contributed by atoms with E-state index in [2.05, 4.69) is 36.4 Å². The van der Waals surface area contributed by atoms with E-state index in [0.717, 1.165) is 32.6 Å². The van der Waals surface area contributed by atoms with Crippen molar-refractivity contribution in [1.29, 1.82) is 0 Å². The summed E-state index contributed by atoms with van der Waals surface area (Å²) in [6.45, 7) is 1.97.